The van der Waals surface area contributed by atoms with E-state index in [9.17, 15) is 17.2 Å². The first-order valence-electron chi connectivity index (χ1n) is 6.63. The van der Waals surface area contributed by atoms with E-state index >= 15 is 0 Å². The molecule has 1 aromatic carbocycles. The number of aliphatic hydroxyl groups is 1. The van der Waals surface area contributed by atoms with E-state index in [2.05, 4.69) is 0 Å². The molecular weight excluding hydrogens is 304 g/mol. The van der Waals surface area contributed by atoms with Gasteiger partial charge in [-0.25, -0.2) is 17.2 Å². The van der Waals surface area contributed by atoms with Crippen LogP contribution in [-0.2, 0) is 14.8 Å². The molecule has 1 fully saturated rings. The fourth-order valence-electron chi connectivity index (χ4n) is 2.24. The summed E-state index contributed by atoms with van der Waals surface area (Å²) >= 11 is 0. The Labute approximate surface area is 122 Å². The Hall–Kier alpha value is -1.09. The van der Waals surface area contributed by atoms with Crippen LogP contribution in [0.25, 0.3) is 0 Å². The highest BCUT2D eigenvalue weighted by Gasteiger charge is 2.30. The summed E-state index contributed by atoms with van der Waals surface area (Å²) in [5, 5.41) is 8.68. The van der Waals surface area contributed by atoms with Gasteiger partial charge in [0.25, 0.3) is 0 Å². The van der Waals surface area contributed by atoms with E-state index in [0.717, 1.165) is 12.1 Å². The van der Waals surface area contributed by atoms with Gasteiger partial charge in [0.05, 0.1) is 24.2 Å². The molecule has 0 bridgehead atoms. The summed E-state index contributed by atoms with van der Waals surface area (Å²) in [7, 11) is -3.82. The largest absolute Gasteiger partial charge is 0.394 e. The highest BCUT2D eigenvalue weighted by molar-refractivity contribution is 7.89. The van der Waals surface area contributed by atoms with Gasteiger partial charge in [-0.15, -0.1) is 0 Å². The van der Waals surface area contributed by atoms with E-state index in [1.54, 1.807) is 0 Å². The van der Waals surface area contributed by atoms with E-state index in [-0.39, 0.29) is 37.3 Å². The molecular formula is C13H17F2NO4S. The number of aliphatic hydroxyl groups excluding tert-OH is 1. The van der Waals surface area contributed by atoms with Crippen molar-refractivity contribution in [1.82, 2.24) is 4.31 Å². The van der Waals surface area contributed by atoms with Crippen molar-refractivity contribution in [3.05, 3.63) is 29.8 Å². The third-order valence-electron chi connectivity index (χ3n) is 3.37. The lowest BCUT2D eigenvalue weighted by atomic mass is 10.1. The summed E-state index contributed by atoms with van der Waals surface area (Å²) in [5.74, 6) is -2.26. The predicted molar refractivity (Wildman–Crippen MR) is 71.2 cm³/mol. The second-order valence-electron chi connectivity index (χ2n) is 4.77. The van der Waals surface area contributed by atoms with Crippen molar-refractivity contribution in [2.45, 2.75) is 23.8 Å². The van der Waals surface area contributed by atoms with Gasteiger partial charge in [-0.3, -0.25) is 0 Å². The predicted octanol–water partition coefficient (Wildman–Crippen LogP) is 1.13. The fraction of sp³-hybridized carbons (Fsp3) is 0.538. The smallest absolute Gasteiger partial charge is 0.243 e. The molecule has 1 heterocycles. The van der Waals surface area contributed by atoms with Crippen LogP contribution >= 0.6 is 0 Å². The number of halogens is 2. The monoisotopic (exact) mass is 321 g/mol. The van der Waals surface area contributed by atoms with Crippen LogP contribution in [-0.4, -0.2) is 50.2 Å². The summed E-state index contributed by atoms with van der Waals surface area (Å²) in [5.41, 5.74) is 0. The number of ether oxygens (including phenoxy) is 1. The Kier molecular flexibility index (Phi) is 5.26. The van der Waals surface area contributed by atoms with Gasteiger partial charge in [0.2, 0.25) is 10.0 Å². The van der Waals surface area contributed by atoms with Crippen LogP contribution in [0.4, 0.5) is 8.78 Å². The molecule has 21 heavy (non-hydrogen) atoms. The number of nitrogens with zero attached hydrogens (tertiary/aromatic N) is 1. The first-order chi connectivity index (χ1) is 9.95. The summed E-state index contributed by atoms with van der Waals surface area (Å²) in [6.45, 7) is 0.642. The second-order valence-corrected chi connectivity index (χ2v) is 6.71. The molecule has 2 rings (SSSR count). The maximum Gasteiger partial charge on any atom is 0.243 e. The molecule has 1 aromatic rings. The number of sulfonamides is 1. The number of hydrogen-bond acceptors (Lipinski definition) is 4. The molecule has 1 aliphatic rings. The Balaban J connectivity index is 2.06. The zero-order valence-corrected chi connectivity index (χ0v) is 12.2. The van der Waals surface area contributed by atoms with Gasteiger partial charge < -0.3 is 9.84 Å². The van der Waals surface area contributed by atoms with Gasteiger partial charge in [0, 0.05) is 13.1 Å². The zero-order valence-electron chi connectivity index (χ0n) is 11.3. The van der Waals surface area contributed by atoms with Crippen molar-refractivity contribution in [2.24, 2.45) is 0 Å². The summed E-state index contributed by atoms with van der Waals surface area (Å²) in [4.78, 5) is -0.254. The molecule has 0 saturated carbocycles. The van der Waals surface area contributed by atoms with E-state index < -0.39 is 21.7 Å². The molecule has 8 heteroatoms. The van der Waals surface area contributed by atoms with Crippen molar-refractivity contribution >= 4 is 10.0 Å². The zero-order chi connectivity index (χ0) is 15.5. The SMILES string of the molecule is O=S(=O)(c1ccc(F)c(F)c1)N1CCC(OCCO)CC1. The third kappa shape index (κ3) is 3.76. The van der Waals surface area contributed by atoms with Crippen LogP contribution in [0, 0.1) is 11.6 Å². The third-order valence-corrected chi connectivity index (χ3v) is 5.27. The molecule has 1 N–H and O–H groups in total. The van der Waals surface area contributed by atoms with Gasteiger partial charge in [-0.1, -0.05) is 0 Å². The van der Waals surface area contributed by atoms with E-state index in [1.807, 2.05) is 0 Å². The first kappa shape index (κ1) is 16.3. The molecule has 0 unspecified atom stereocenters. The average molecular weight is 321 g/mol. The van der Waals surface area contributed by atoms with E-state index in [1.165, 1.54) is 4.31 Å². The molecule has 0 amide bonds. The fourth-order valence-corrected chi connectivity index (χ4v) is 3.73. The summed E-state index contributed by atoms with van der Waals surface area (Å²) < 4.78 is 57.3. The van der Waals surface area contributed by atoms with Gasteiger partial charge in [-0.2, -0.15) is 4.31 Å². The van der Waals surface area contributed by atoms with Crippen LogP contribution in [0.2, 0.25) is 0 Å². The number of rotatable bonds is 5. The van der Waals surface area contributed by atoms with Gasteiger partial charge in [0.1, 0.15) is 0 Å². The number of benzene rings is 1. The minimum absolute atomic E-state index is 0.0760. The van der Waals surface area contributed by atoms with E-state index in [0.29, 0.717) is 18.9 Å². The van der Waals surface area contributed by atoms with Crippen LogP contribution in [0.3, 0.4) is 0 Å². The van der Waals surface area contributed by atoms with Crippen molar-refractivity contribution in [1.29, 1.82) is 0 Å². The highest BCUT2D eigenvalue weighted by Crippen LogP contribution is 2.23. The molecule has 0 aromatic heterocycles. The quantitative estimate of drug-likeness (QED) is 0.883. The normalized spacial score (nSPS) is 18.0. The Morgan fingerprint density at radius 1 is 1.24 bits per heavy atom. The lowest BCUT2D eigenvalue weighted by molar-refractivity contribution is 0.00318. The van der Waals surface area contributed by atoms with Crippen molar-refractivity contribution < 1.29 is 27.0 Å². The lowest BCUT2D eigenvalue weighted by Gasteiger charge is -2.31. The van der Waals surface area contributed by atoms with Gasteiger partial charge >= 0.3 is 0 Å². The minimum Gasteiger partial charge on any atom is -0.394 e. The maximum absolute atomic E-state index is 13.2. The molecule has 0 spiro atoms. The molecule has 1 saturated heterocycles. The van der Waals surface area contributed by atoms with Gasteiger partial charge in [0.15, 0.2) is 11.6 Å². The van der Waals surface area contributed by atoms with Crippen LogP contribution < -0.4 is 0 Å². The van der Waals surface area contributed by atoms with Crippen molar-refractivity contribution in [3.63, 3.8) is 0 Å². The molecule has 0 aliphatic carbocycles. The van der Waals surface area contributed by atoms with E-state index in [4.69, 9.17) is 9.84 Å². The van der Waals surface area contributed by atoms with Crippen molar-refractivity contribution in [2.75, 3.05) is 26.3 Å². The summed E-state index contributed by atoms with van der Waals surface area (Å²) in [6, 6.07) is 2.56. The molecule has 5 nitrogen and oxygen atoms in total. The molecule has 1 aliphatic heterocycles. The number of hydrogen-bond donors (Lipinski definition) is 1. The Bertz CT molecular complexity index is 586. The molecule has 0 atom stereocenters. The first-order valence-corrected chi connectivity index (χ1v) is 8.07. The highest BCUT2D eigenvalue weighted by atomic mass is 32.2. The Morgan fingerprint density at radius 3 is 2.48 bits per heavy atom. The van der Waals surface area contributed by atoms with Crippen LogP contribution in [0.5, 0.6) is 0 Å². The molecule has 118 valence electrons. The summed E-state index contributed by atoms with van der Waals surface area (Å²) in [6.07, 6.45) is 0.916. The maximum atomic E-state index is 13.2. The topological polar surface area (TPSA) is 66.8 Å². The van der Waals surface area contributed by atoms with Gasteiger partial charge in [-0.05, 0) is 31.0 Å². The average Bonchev–Trinajstić information content (AvgIpc) is 2.48. The van der Waals surface area contributed by atoms with Crippen LogP contribution in [0.15, 0.2) is 23.1 Å². The van der Waals surface area contributed by atoms with Crippen molar-refractivity contribution in [3.8, 4) is 0 Å². The standard InChI is InChI=1S/C13H17F2NO4S/c14-12-2-1-11(9-13(12)15)21(18,19)16-5-3-10(4-6-16)20-8-7-17/h1-2,9-10,17H,3-8H2. The lowest BCUT2D eigenvalue weighted by Crippen LogP contribution is -2.41. The second kappa shape index (κ2) is 6.78. The molecule has 0 radical (unpaired) electrons. The minimum atomic E-state index is -3.82. The Morgan fingerprint density at radius 2 is 1.90 bits per heavy atom. The van der Waals surface area contributed by atoms with Crippen LogP contribution in [0.1, 0.15) is 12.8 Å². The number of piperidine rings is 1.